The predicted molar refractivity (Wildman–Crippen MR) is 94.9 cm³/mol. The third-order valence-corrected chi connectivity index (χ3v) is 5.61. The van der Waals surface area contributed by atoms with Gasteiger partial charge in [-0.25, -0.2) is 13.1 Å². The molecule has 0 aliphatic carbocycles. The number of ether oxygens (including phenoxy) is 1. The van der Waals surface area contributed by atoms with Crippen molar-refractivity contribution in [3.05, 3.63) is 47.8 Å². The smallest absolute Gasteiger partial charge is 0.251 e. The summed E-state index contributed by atoms with van der Waals surface area (Å²) in [5.41, 5.74) is 1.07. The molecule has 2 aromatic rings. The molecule has 0 saturated carbocycles. The summed E-state index contributed by atoms with van der Waals surface area (Å²) in [5, 5.41) is 6.84. The summed E-state index contributed by atoms with van der Waals surface area (Å²) in [6.07, 6.45) is 4.26. The van der Waals surface area contributed by atoms with Gasteiger partial charge >= 0.3 is 0 Å². The van der Waals surface area contributed by atoms with Crippen LogP contribution in [0.15, 0.2) is 41.6 Å². The Morgan fingerprint density at radius 3 is 2.96 bits per heavy atom. The lowest BCUT2D eigenvalue weighted by Crippen LogP contribution is -2.30. The molecule has 9 heteroatoms. The second kappa shape index (κ2) is 7.98. The first-order chi connectivity index (χ1) is 12.4. The molecule has 0 spiro atoms. The standard InChI is InChI=1S/C17H22N4O4S/c1-21-11-14(9-19-21)10-20-26(23,24)16-4-2-3-15(7-16)17(22)18-8-13-5-6-25-12-13/h2-4,7,9,11,13,20H,5-6,8,10,12H2,1H3,(H,18,22). The summed E-state index contributed by atoms with van der Waals surface area (Å²) in [4.78, 5) is 12.3. The first kappa shape index (κ1) is 18.6. The van der Waals surface area contributed by atoms with E-state index in [2.05, 4.69) is 15.1 Å². The first-order valence-corrected chi connectivity index (χ1v) is 9.85. The van der Waals surface area contributed by atoms with Crippen LogP contribution in [0.4, 0.5) is 0 Å². The zero-order valence-corrected chi connectivity index (χ0v) is 15.3. The minimum absolute atomic E-state index is 0.0539. The van der Waals surface area contributed by atoms with Crippen molar-refractivity contribution in [2.24, 2.45) is 13.0 Å². The highest BCUT2D eigenvalue weighted by molar-refractivity contribution is 7.89. The van der Waals surface area contributed by atoms with Crippen LogP contribution in [0.1, 0.15) is 22.3 Å². The van der Waals surface area contributed by atoms with Gasteiger partial charge in [0.2, 0.25) is 10.0 Å². The molecule has 1 aromatic heterocycles. The molecule has 2 heterocycles. The maximum absolute atomic E-state index is 12.5. The number of sulfonamides is 1. The van der Waals surface area contributed by atoms with E-state index in [9.17, 15) is 13.2 Å². The van der Waals surface area contributed by atoms with Crippen molar-refractivity contribution in [3.63, 3.8) is 0 Å². The molecule has 1 aliphatic rings. The second-order valence-corrected chi connectivity index (χ2v) is 8.08. The molecule has 140 valence electrons. The summed E-state index contributed by atoms with van der Waals surface area (Å²) in [7, 11) is -1.96. The Labute approximate surface area is 152 Å². The Bertz CT molecular complexity index is 872. The lowest BCUT2D eigenvalue weighted by molar-refractivity contribution is 0.0945. The van der Waals surface area contributed by atoms with Crippen molar-refractivity contribution in [1.82, 2.24) is 19.8 Å². The lowest BCUT2D eigenvalue weighted by atomic mass is 10.1. The number of hydrogen-bond acceptors (Lipinski definition) is 5. The number of benzene rings is 1. The highest BCUT2D eigenvalue weighted by atomic mass is 32.2. The Balaban J connectivity index is 1.63. The van der Waals surface area contributed by atoms with Gasteiger partial charge in [0.05, 0.1) is 17.7 Å². The zero-order chi connectivity index (χ0) is 18.6. The Morgan fingerprint density at radius 2 is 2.27 bits per heavy atom. The zero-order valence-electron chi connectivity index (χ0n) is 14.5. The van der Waals surface area contributed by atoms with Crippen molar-refractivity contribution in [2.45, 2.75) is 17.9 Å². The number of nitrogens with one attached hydrogen (secondary N) is 2. The molecule has 3 rings (SSSR count). The molecule has 1 atom stereocenters. The number of amides is 1. The fourth-order valence-corrected chi connectivity index (χ4v) is 3.78. The van der Waals surface area contributed by atoms with Crippen LogP contribution in [0.2, 0.25) is 0 Å². The molecular formula is C17H22N4O4S. The van der Waals surface area contributed by atoms with E-state index in [4.69, 9.17) is 4.74 Å². The van der Waals surface area contributed by atoms with Crippen molar-refractivity contribution in [2.75, 3.05) is 19.8 Å². The molecule has 0 radical (unpaired) electrons. The van der Waals surface area contributed by atoms with Gasteiger partial charge in [0.1, 0.15) is 0 Å². The van der Waals surface area contributed by atoms with Crippen molar-refractivity contribution < 1.29 is 17.9 Å². The highest BCUT2D eigenvalue weighted by Gasteiger charge is 2.19. The summed E-state index contributed by atoms with van der Waals surface area (Å²) in [6, 6.07) is 6.01. The van der Waals surface area contributed by atoms with E-state index in [-0.39, 0.29) is 17.3 Å². The van der Waals surface area contributed by atoms with Crippen LogP contribution >= 0.6 is 0 Å². The van der Waals surface area contributed by atoms with Gasteiger partial charge in [0.25, 0.3) is 5.91 Å². The molecule has 8 nitrogen and oxygen atoms in total. The predicted octanol–water partition coefficient (Wildman–Crippen LogP) is 0.665. The molecule has 1 unspecified atom stereocenters. The van der Waals surface area contributed by atoms with Crippen LogP contribution in [-0.2, 0) is 28.4 Å². The third-order valence-electron chi connectivity index (χ3n) is 4.21. The van der Waals surface area contributed by atoms with Crippen molar-refractivity contribution in [3.8, 4) is 0 Å². The quantitative estimate of drug-likeness (QED) is 0.737. The SMILES string of the molecule is Cn1cc(CNS(=O)(=O)c2cccc(C(=O)NCC3CCOC3)c2)cn1. The number of hydrogen-bond donors (Lipinski definition) is 2. The number of rotatable bonds is 7. The maximum Gasteiger partial charge on any atom is 0.251 e. The van der Waals surface area contributed by atoms with E-state index >= 15 is 0 Å². The number of carbonyl (C=O) groups excluding carboxylic acids is 1. The summed E-state index contributed by atoms with van der Waals surface area (Å²) in [6.45, 7) is 2.02. The fourth-order valence-electron chi connectivity index (χ4n) is 2.71. The van der Waals surface area contributed by atoms with Gasteiger partial charge in [-0.15, -0.1) is 0 Å². The Kier molecular flexibility index (Phi) is 5.70. The monoisotopic (exact) mass is 378 g/mol. The molecular weight excluding hydrogens is 356 g/mol. The van der Waals surface area contributed by atoms with Gasteiger partial charge in [0.15, 0.2) is 0 Å². The number of aromatic nitrogens is 2. The number of nitrogens with zero attached hydrogens (tertiary/aromatic N) is 2. The van der Waals surface area contributed by atoms with Crippen LogP contribution in [0.25, 0.3) is 0 Å². The topological polar surface area (TPSA) is 102 Å². The normalized spacial score (nSPS) is 17.3. The van der Waals surface area contributed by atoms with Gasteiger partial charge in [-0.1, -0.05) is 6.07 Å². The minimum Gasteiger partial charge on any atom is -0.381 e. The second-order valence-electron chi connectivity index (χ2n) is 6.31. The Hall–Kier alpha value is -2.23. The molecule has 2 N–H and O–H groups in total. The molecule has 1 saturated heterocycles. The van der Waals surface area contributed by atoms with Crippen LogP contribution in [-0.4, -0.2) is 43.9 Å². The van der Waals surface area contributed by atoms with E-state index in [0.717, 1.165) is 18.6 Å². The van der Waals surface area contributed by atoms with Crippen molar-refractivity contribution in [1.29, 1.82) is 0 Å². The van der Waals surface area contributed by atoms with Gasteiger partial charge in [-0.2, -0.15) is 5.10 Å². The van der Waals surface area contributed by atoms with E-state index in [1.165, 1.54) is 12.1 Å². The molecule has 1 fully saturated rings. The fraction of sp³-hybridized carbons (Fsp3) is 0.412. The highest BCUT2D eigenvalue weighted by Crippen LogP contribution is 2.14. The van der Waals surface area contributed by atoms with E-state index < -0.39 is 10.0 Å². The van der Waals surface area contributed by atoms with Crippen LogP contribution in [0, 0.1) is 5.92 Å². The minimum atomic E-state index is -3.72. The van der Waals surface area contributed by atoms with Crippen LogP contribution in [0.5, 0.6) is 0 Å². The average Bonchev–Trinajstić information content (AvgIpc) is 3.29. The van der Waals surface area contributed by atoms with Crippen LogP contribution in [0.3, 0.4) is 0 Å². The summed E-state index contributed by atoms with van der Waals surface area (Å²) >= 11 is 0. The Morgan fingerprint density at radius 1 is 1.42 bits per heavy atom. The van der Waals surface area contributed by atoms with Gasteiger partial charge in [-0.3, -0.25) is 9.48 Å². The van der Waals surface area contributed by atoms with E-state index in [1.807, 2.05) is 0 Å². The molecule has 1 aromatic carbocycles. The molecule has 0 bridgehead atoms. The van der Waals surface area contributed by atoms with Gasteiger partial charge in [0, 0.05) is 50.0 Å². The van der Waals surface area contributed by atoms with E-state index in [0.29, 0.717) is 24.6 Å². The molecule has 1 aliphatic heterocycles. The first-order valence-electron chi connectivity index (χ1n) is 8.37. The lowest BCUT2D eigenvalue weighted by Gasteiger charge is -2.11. The average molecular weight is 378 g/mol. The molecule has 1 amide bonds. The largest absolute Gasteiger partial charge is 0.381 e. The molecule has 26 heavy (non-hydrogen) atoms. The van der Waals surface area contributed by atoms with Gasteiger partial charge in [-0.05, 0) is 24.6 Å². The number of aryl methyl sites for hydroxylation is 1. The van der Waals surface area contributed by atoms with Gasteiger partial charge < -0.3 is 10.1 Å². The summed E-state index contributed by atoms with van der Waals surface area (Å²) in [5.74, 6) is 0.0215. The third kappa shape index (κ3) is 4.69. The van der Waals surface area contributed by atoms with E-state index in [1.54, 1.807) is 36.3 Å². The van der Waals surface area contributed by atoms with Crippen molar-refractivity contribution >= 4 is 15.9 Å². The number of carbonyl (C=O) groups is 1. The summed E-state index contributed by atoms with van der Waals surface area (Å²) < 4.78 is 34.3. The maximum atomic E-state index is 12.5. The van der Waals surface area contributed by atoms with Crippen LogP contribution < -0.4 is 10.0 Å².